The van der Waals surface area contributed by atoms with Gasteiger partial charge >= 0.3 is 0 Å². The largest absolute Gasteiger partial charge is 0.348 e. The molecule has 150 valence electrons. The zero-order chi connectivity index (χ0) is 21.0. The first kappa shape index (κ1) is 20.8. The summed E-state index contributed by atoms with van der Waals surface area (Å²) < 4.78 is 41.0. The maximum atomic E-state index is 13.7. The second kappa shape index (κ2) is 8.63. The van der Waals surface area contributed by atoms with E-state index < -0.39 is 21.7 Å². The molecule has 1 amide bonds. The number of carbonyl (C=O) groups is 1. The van der Waals surface area contributed by atoms with Gasteiger partial charge in [-0.05, 0) is 43.3 Å². The van der Waals surface area contributed by atoms with Crippen molar-refractivity contribution in [1.29, 1.82) is 0 Å². The summed E-state index contributed by atoms with van der Waals surface area (Å²) in [5.74, 6) is -0.911. The Morgan fingerprint density at radius 3 is 2.38 bits per heavy atom. The fourth-order valence-electron chi connectivity index (χ4n) is 2.61. The summed E-state index contributed by atoms with van der Waals surface area (Å²) >= 11 is 6.16. The normalized spacial score (nSPS) is 11.1. The molecule has 3 aromatic carbocycles. The lowest BCUT2D eigenvalue weighted by Crippen LogP contribution is -2.23. The first-order valence-corrected chi connectivity index (χ1v) is 10.5. The molecule has 5 nitrogen and oxygen atoms in total. The van der Waals surface area contributed by atoms with Crippen molar-refractivity contribution < 1.29 is 17.6 Å². The van der Waals surface area contributed by atoms with E-state index in [1.807, 2.05) is 6.92 Å². The molecule has 29 heavy (non-hydrogen) atoms. The molecule has 8 heteroatoms. The van der Waals surface area contributed by atoms with E-state index in [1.54, 1.807) is 30.3 Å². The lowest BCUT2D eigenvalue weighted by Gasteiger charge is -2.11. The topological polar surface area (TPSA) is 75.3 Å². The van der Waals surface area contributed by atoms with Crippen LogP contribution in [-0.4, -0.2) is 14.3 Å². The summed E-state index contributed by atoms with van der Waals surface area (Å²) in [6.07, 6.45) is 0. The summed E-state index contributed by atoms with van der Waals surface area (Å²) in [7, 11) is -3.78. The van der Waals surface area contributed by atoms with Crippen LogP contribution in [0.1, 0.15) is 21.5 Å². The van der Waals surface area contributed by atoms with Crippen molar-refractivity contribution in [3.8, 4) is 0 Å². The fraction of sp³-hybridized carbons (Fsp3) is 0.0952. The zero-order valence-electron chi connectivity index (χ0n) is 15.4. The first-order chi connectivity index (χ1) is 13.8. The van der Waals surface area contributed by atoms with Crippen LogP contribution in [0.25, 0.3) is 0 Å². The van der Waals surface area contributed by atoms with Crippen LogP contribution in [0, 0.1) is 12.7 Å². The number of sulfonamides is 1. The minimum absolute atomic E-state index is 0.00361. The van der Waals surface area contributed by atoms with Gasteiger partial charge in [-0.15, -0.1) is 0 Å². The van der Waals surface area contributed by atoms with Gasteiger partial charge < -0.3 is 5.32 Å². The molecule has 0 aliphatic rings. The summed E-state index contributed by atoms with van der Waals surface area (Å²) in [6.45, 7) is 1.86. The van der Waals surface area contributed by atoms with E-state index in [4.69, 9.17) is 11.6 Å². The molecule has 0 aliphatic carbocycles. The number of benzene rings is 3. The van der Waals surface area contributed by atoms with Crippen molar-refractivity contribution >= 4 is 33.2 Å². The second-order valence-electron chi connectivity index (χ2n) is 6.39. The number of halogens is 2. The molecule has 0 aliphatic heterocycles. The first-order valence-electron chi connectivity index (χ1n) is 8.67. The smallest absolute Gasteiger partial charge is 0.261 e. The third-order valence-corrected chi connectivity index (χ3v) is 5.90. The van der Waals surface area contributed by atoms with Crippen molar-refractivity contribution in [2.75, 3.05) is 4.72 Å². The Hall–Kier alpha value is -2.90. The van der Waals surface area contributed by atoms with Gasteiger partial charge in [0.15, 0.2) is 0 Å². The highest BCUT2D eigenvalue weighted by molar-refractivity contribution is 7.92. The lowest BCUT2D eigenvalue weighted by atomic mass is 10.1. The van der Waals surface area contributed by atoms with Crippen molar-refractivity contribution in [2.24, 2.45) is 0 Å². The van der Waals surface area contributed by atoms with Gasteiger partial charge in [0.1, 0.15) is 5.82 Å². The van der Waals surface area contributed by atoms with Crippen molar-refractivity contribution in [3.63, 3.8) is 0 Å². The number of nitrogens with one attached hydrogen (secondary N) is 2. The van der Waals surface area contributed by atoms with Gasteiger partial charge in [0.05, 0.1) is 21.2 Å². The van der Waals surface area contributed by atoms with E-state index in [2.05, 4.69) is 10.0 Å². The average Bonchev–Trinajstić information content (AvgIpc) is 2.67. The maximum Gasteiger partial charge on any atom is 0.261 e. The molecule has 0 bridgehead atoms. The van der Waals surface area contributed by atoms with E-state index in [0.717, 1.165) is 5.56 Å². The van der Waals surface area contributed by atoms with E-state index in [9.17, 15) is 17.6 Å². The third kappa shape index (κ3) is 5.13. The minimum atomic E-state index is -3.78. The molecular formula is C21H18ClFN2O3S. The molecule has 0 saturated heterocycles. The maximum absolute atomic E-state index is 13.7. The Bertz CT molecular complexity index is 1150. The Morgan fingerprint density at radius 2 is 1.72 bits per heavy atom. The van der Waals surface area contributed by atoms with Crippen LogP contribution in [0.4, 0.5) is 10.1 Å². The molecule has 3 aromatic rings. The number of anilines is 1. The third-order valence-electron chi connectivity index (χ3n) is 4.19. The highest BCUT2D eigenvalue weighted by Crippen LogP contribution is 2.23. The van der Waals surface area contributed by atoms with E-state index in [0.29, 0.717) is 5.56 Å². The molecule has 0 saturated carbocycles. The second-order valence-corrected chi connectivity index (χ2v) is 8.48. The number of aryl methyl sites for hydroxylation is 1. The molecule has 0 aromatic heterocycles. The highest BCUT2D eigenvalue weighted by atomic mass is 35.5. The molecule has 3 rings (SSSR count). The number of rotatable bonds is 6. The number of carbonyl (C=O) groups excluding carboxylic acids is 1. The van der Waals surface area contributed by atoms with Gasteiger partial charge in [-0.2, -0.15) is 0 Å². The SMILES string of the molecule is Cc1ccc(S(=O)(=O)Nc2ccc(C(=O)NCc3ccccc3F)c(Cl)c2)cc1. The van der Waals surface area contributed by atoms with Gasteiger partial charge in [-0.1, -0.05) is 47.5 Å². The van der Waals surface area contributed by atoms with Gasteiger partial charge in [0.25, 0.3) is 15.9 Å². The van der Waals surface area contributed by atoms with E-state index in [-0.39, 0.29) is 27.7 Å². The zero-order valence-corrected chi connectivity index (χ0v) is 17.0. The Balaban J connectivity index is 1.72. The van der Waals surface area contributed by atoms with E-state index >= 15 is 0 Å². The van der Waals surface area contributed by atoms with Crippen LogP contribution in [0.2, 0.25) is 5.02 Å². The number of hydrogen-bond acceptors (Lipinski definition) is 3. The highest BCUT2D eigenvalue weighted by Gasteiger charge is 2.16. The van der Waals surface area contributed by atoms with Crippen LogP contribution < -0.4 is 10.0 Å². The quantitative estimate of drug-likeness (QED) is 0.601. The van der Waals surface area contributed by atoms with Gasteiger partial charge in [-0.3, -0.25) is 9.52 Å². The monoisotopic (exact) mass is 432 g/mol. The predicted octanol–water partition coefficient (Wildman–Crippen LogP) is 4.52. The van der Waals surface area contributed by atoms with Crippen LogP contribution in [-0.2, 0) is 16.6 Å². The summed E-state index contributed by atoms with van der Waals surface area (Å²) in [5.41, 5.74) is 1.67. The van der Waals surface area contributed by atoms with Crippen molar-refractivity contribution in [2.45, 2.75) is 18.4 Å². The van der Waals surface area contributed by atoms with Gasteiger partial charge in [0.2, 0.25) is 0 Å². The van der Waals surface area contributed by atoms with Gasteiger partial charge in [0, 0.05) is 12.1 Å². The molecular weight excluding hydrogens is 415 g/mol. The molecule has 2 N–H and O–H groups in total. The molecule has 0 heterocycles. The molecule has 0 fully saturated rings. The molecule has 0 radical (unpaired) electrons. The van der Waals surface area contributed by atoms with Crippen molar-refractivity contribution in [1.82, 2.24) is 5.32 Å². The number of hydrogen-bond donors (Lipinski definition) is 2. The summed E-state index contributed by atoms with van der Waals surface area (Å²) in [5, 5.41) is 2.66. The van der Waals surface area contributed by atoms with Gasteiger partial charge in [-0.25, -0.2) is 12.8 Å². The molecule has 0 atom stereocenters. The Morgan fingerprint density at radius 1 is 1.03 bits per heavy atom. The standard InChI is InChI=1S/C21H18ClFN2O3S/c1-14-6-9-17(10-7-14)29(27,28)25-16-8-11-18(19(22)12-16)21(26)24-13-15-4-2-3-5-20(15)23/h2-12,25H,13H2,1H3,(H,24,26). The summed E-state index contributed by atoms with van der Waals surface area (Å²) in [4.78, 5) is 12.5. The van der Waals surface area contributed by atoms with Crippen LogP contribution in [0.15, 0.2) is 71.6 Å². The predicted molar refractivity (Wildman–Crippen MR) is 111 cm³/mol. The van der Waals surface area contributed by atoms with Crippen LogP contribution in [0.5, 0.6) is 0 Å². The van der Waals surface area contributed by atoms with Crippen LogP contribution in [0.3, 0.4) is 0 Å². The minimum Gasteiger partial charge on any atom is -0.348 e. The van der Waals surface area contributed by atoms with Crippen molar-refractivity contribution in [3.05, 3.63) is 94.3 Å². The average molecular weight is 433 g/mol. The Labute approximate surface area is 173 Å². The lowest BCUT2D eigenvalue weighted by molar-refractivity contribution is 0.0951. The fourth-order valence-corrected chi connectivity index (χ4v) is 3.92. The number of amides is 1. The summed E-state index contributed by atoms with van der Waals surface area (Å²) in [6, 6.07) is 16.7. The molecule has 0 spiro atoms. The molecule has 0 unspecified atom stereocenters. The van der Waals surface area contributed by atoms with E-state index in [1.165, 1.54) is 36.4 Å². The van der Waals surface area contributed by atoms with Crippen LogP contribution >= 0.6 is 11.6 Å². The Kier molecular flexibility index (Phi) is 6.20.